The molecular weight excluding hydrogens is 404 g/mol. The molecule has 0 radical (unpaired) electrons. The molecule has 3 saturated heterocycles. The third-order valence-electron chi connectivity index (χ3n) is 7.30. The lowest BCUT2D eigenvalue weighted by Crippen LogP contribution is -2.58. The van der Waals surface area contributed by atoms with E-state index in [4.69, 9.17) is 0 Å². The van der Waals surface area contributed by atoms with Gasteiger partial charge < -0.3 is 20.0 Å². The van der Waals surface area contributed by atoms with E-state index in [1.165, 1.54) is 16.7 Å². The third-order valence-corrected chi connectivity index (χ3v) is 9.29. The number of aliphatic hydroxyl groups is 1. The Hall–Kier alpha value is -1.54. The van der Waals surface area contributed by atoms with Gasteiger partial charge in [0.25, 0.3) is 0 Å². The standard InChI is InChI=1S/C22H34N2O5S/c1-6-8-13(3)23(11-7-2)19(27)17-22-10-9-21(5,30-22)16(20(28)29)15(22)18(26)24(17)14(4)12-25/h7,13-17,25H,2,6,8-12H2,1,3-5H3,(H,28,29)/t13?,14-,15+,16+,17?,21-,22?/m1/s1. The summed E-state index contributed by atoms with van der Waals surface area (Å²) in [5.41, 5.74) is 0. The van der Waals surface area contributed by atoms with Crippen LogP contribution < -0.4 is 0 Å². The van der Waals surface area contributed by atoms with Gasteiger partial charge >= 0.3 is 5.97 Å². The molecule has 2 N–H and O–H groups in total. The largest absolute Gasteiger partial charge is 0.481 e. The predicted molar refractivity (Wildman–Crippen MR) is 116 cm³/mol. The Morgan fingerprint density at radius 3 is 2.60 bits per heavy atom. The summed E-state index contributed by atoms with van der Waals surface area (Å²) in [5, 5.41) is 19.8. The number of carboxylic acid groups (broad SMARTS) is 1. The van der Waals surface area contributed by atoms with Gasteiger partial charge in [0.1, 0.15) is 6.04 Å². The monoisotopic (exact) mass is 438 g/mol. The third kappa shape index (κ3) is 3.18. The van der Waals surface area contributed by atoms with Crippen molar-refractivity contribution in [2.45, 2.75) is 81.0 Å². The van der Waals surface area contributed by atoms with Crippen LogP contribution in [0.1, 0.15) is 53.4 Å². The second-order valence-corrected chi connectivity index (χ2v) is 11.2. The van der Waals surface area contributed by atoms with Crippen LogP contribution >= 0.6 is 11.8 Å². The molecule has 0 aromatic heterocycles. The number of likely N-dealkylation sites (tertiary alicyclic amines) is 1. The van der Waals surface area contributed by atoms with E-state index in [9.17, 15) is 24.6 Å². The molecule has 7 nitrogen and oxygen atoms in total. The van der Waals surface area contributed by atoms with Crippen molar-refractivity contribution in [2.24, 2.45) is 11.8 Å². The zero-order chi connectivity index (χ0) is 22.4. The van der Waals surface area contributed by atoms with Crippen molar-refractivity contribution >= 4 is 29.5 Å². The van der Waals surface area contributed by atoms with Crippen LogP contribution in [0, 0.1) is 11.8 Å². The maximum Gasteiger partial charge on any atom is 0.308 e. The Kier molecular flexibility index (Phi) is 6.31. The van der Waals surface area contributed by atoms with Crippen LogP contribution in [0.2, 0.25) is 0 Å². The van der Waals surface area contributed by atoms with Gasteiger partial charge in [-0.15, -0.1) is 18.3 Å². The Morgan fingerprint density at radius 2 is 2.07 bits per heavy atom. The molecule has 30 heavy (non-hydrogen) atoms. The average Bonchev–Trinajstić information content (AvgIpc) is 3.26. The second kappa shape index (κ2) is 8.19. The fourth-order valence-electron chi connectivity index (χ4n) is 5.94. The first-order chi connectivity index (χ1) is 14.1. The van der Waals surface area contributed by atoms with Crippen molar-refractivity contribution in [3.8, 4) is 0 Å². The lowest BCUT2D eigenvalue weighted by molar-refractivity contribution is -0.151. The first-order valence-corrected chi connectivity index (χ1v) is 11.7. The number of nitrogens with zero attached hydrogens (tertiary/aromatic N) is 2. The summed E-state index contributed by atoms with van der Waals surface area (Å²) in [6.07, 6.45) is 4.73. The minimum atomic E-state index is -0.975. The number of rotatable bonds is 9. The highest BCUT2D eigenvalue weighted by atomic mass is 32.2. The summed E-state index contributed by atoms with van der Waals surface area (Å²) in [4.78, 5) is 43.0. The quantitative estimate of drug-likeness (QED) is 0.535. The molecule has 3 rings (SSSR count). The number of aliphatic hydroxyl groups excluding tert-OH is 1. The number of carbonyl (C=O) groups excluding carboxylic acids is 2. The topological polar surface area (TPSA) is 98.2 Å². The van der Waals surface area contributed by atoms with Crippen molar-refractivity contribution in [2.75, 3.05) is 13.2 Å². The normalized spacial score (nSPS) is 36.5. The lowest BCUT2D eigenvalue weighted by atomic mass is 9.66. The molecule has 3 unspecified atom stereocenters. The lowest BCUT2D eigenvalue weighted by Gasteiger charge is -2.40. The van der Waals surface area contributed by atoms with E-state index in [0.29, 0.717) is 19.4 Å². The van der Waals surface area contributed by atoms with E-state index in [-0.39, 0.29) is 24.5 Å². The molecule has 0 aliphatic carbocycles. The van der Waals surface area contributed by atoms with Crippen LogP contribution in [0.25, 0.3) is 0 Å². The number of hydrogen-bond donors (Lipinski definition) is 2. The number of hydrogen-bond acceptors (Lipinski definition) is 5. The average molecular weight is 439 g/mol. The molecule has 1 spiro atoms. The Morgan fingerprint density at radius 1 is 1.40 bits per heavy atom. The minimum Gasteiger partial charge on any atom is -0.481 e. The summed E-state index contributed by atoms with van der Waals surface area (Å²) in [6.45, 7) is 11.6. The maximum absolute atomic E-state index is 14.0. The molecule has 2 amide bonds. The predicted octanol–water partition coefficient (Wildman–Crippen LogP) is 2.14. The minimum absolute atomic E-state index is 0.0215. The van der Waals surface area contributed by atoms with Gasteiger partial charge in [0.2, 0.25) is 11.8 Å². The Bertz CT molecular complexity index is 745. The van der Waals surface area contributed by atoms with Crippen molar-refractivity contribution in [3.63, 3.8) is 0 Å². The molecule has 0 aromatic rings. The van der Waals surface area contributed by atoms with Crippen molar-refractivity contribution in [3.05, 3.63) is 12.7 Å². The smallest absolute Gasteiger partial charge is 0.308 e. The van der Waals surface area contributed by atoms with Gasteiger partial charge in [-0.2, -0.15) is 0 Å². The van der Waals surface area contributed by atoms with Crippen molar-refractivity contribution in [1.29, 1.82) is 0 Å². The molecule has 7 atom stereocenters. The highest BCUT2D eigenvalue weighted by Crippen LogP contribution is 2.71. The van der Waals surface area contributed by atoms with E-state index >= 15 is 0 Å². The second-order valence-electron chi connectivity index (χ2n) is 9.26. The number of thioether (sulfide) groups is 1. The molecule has 3 fully saturated rings. The Balaban J connectivity index is 2.10. The molecule has 3 heterocycles. The maximum atomic E-state index is 14.0. The summed E-state index contributed by atoms with van der Waals surface area (Å²) in [7, 11) is 0. The van der Waals surface area contributed by atoms with E-state index in [1.807, 2.05) is 13.8 Å². The number of amides is 2. The summed E-state index contributed by atoms with van der Waals surface area (Å²) < 4.78 is -1.32. The van der Waals surface area contributed by atoms with Gasteiger partial charge in [-0.3, -0.25) is 14.4 Å². The number of carboxylic acids is 1. The molecule has 168 valence electrons. The highest BCUT2D eigenvalue weighted by molar-refractivity contribution is 8.02. The van der Waals surface area contributed by atoms with Crippen LogP contribution in [-0.4, -0.2) is 78.6 Å². The van der Waals surface area contributed by atoms with E-state index < -0.39 is 39.4 Å². The summed E-state index contributed by atoms with van der Waals surface area (Å²) >= 11 is 1.52. The van der Waals surface area contributed by atoms with Gasteiger partial charge in [-0.05, 0) is 40.0 Å². The number of aliphatic carboxylic acids is 1. The van der Waals surface area contributed by atoms with Crippen LogP contribution in [-0.2, 0) is 14.4 Å². The number of fused-ring (bicyclic) bond motifs is 1. The molecule has 3 aliphatic rings. The Labute approximate surface area is 182 Å². The van der Waals surface area contributed by atoms with Gasteiger partial charge in [0.15, 0.2) is 0 Å². The molecule has 0 saturated carbocycles. The fraction of sp³-hybridized carbons (Fsp3) is 0.773. The van der Waals surface area contributed by atoms with Crippen LogP contribution in [0.4, 0.5) is 0 Å². The SMILES string of the molecule is C=CCN(C(=O)C1N([C@H](C)CO)C(=O)[C@@H]2[C@@H](C(=O)O)[C@@]3(C)CCC12S3)C(C)CCC. The molecule has 0 aromatic carbocycles. The zero-order valence-electron chi connectivity index (χ0n) is 18.3. The first-order valence-electron chi connectivity index (χ1n) is 10.9. The van der Waals surface area contributed by atoms with Crippen LogP contribution in [0.5, 0.6) is 0 Å². The fourth-order valence-corrected chi connectivity index (χ4v) is 8.27. The number of carbonyl (C=O) groups is 3. The van der Waals surface area contributed by atoms with E-state index in [1.54, 1.807) is 17.9 Å². The summed E-state index contributed by atoms with van der Waals surface area (Å²) in [6, 6.07) is -1.35. The van der Waals surface area contributed by atoms with E-state index in [2.05, 4.69) is 13.5 Å². The molecular formula is C22H34N2O5S. The first kappa shape index (κ1) is 23.1. The van der Waals surface area contributed by atoms with Crippen LogP contribution in [0.3, 0.4) is 0 Å². The zero-order valence-corrected chi connectivity index (χ0v) is 19.2. The van der Waals surface area contributed by atoms with Gasteiger partial charge in [-0.1, -0.05) is 19.4 Å². The van der Waals surface area contributed by atoms with Gasteiger partial charge in [0, 0.05) is 17.3 Å². The van der Waals surface area contributed by atoms with Crippen molar-refractivity contribution in [1.82, 2.24) is 9.80 Å². The van der Waals surface area contributed by atoms with Gasteiger partial charge in [-0.25, -0.2) is 0 Å². The molecule has 3 aliphatic heterocycles. The molecule has 8 heteroatoms. The van der Waals surface area contributed by atoms with Crippen molar-refractivity contribution < 1.29 is 24.6 Å². The molecule has 2 bridgehead atoms. The van der Waals surface area contributed by atoms with Crippen LogP contribution in [0.15, 0.2) is 12.7 Å². The van der Waals surface area contributed by atoms with E-state index in [0.717, 1.165) is 12.8 Å². The van der Waals surface area contributed by atoms with Gasteiger partial charge in [0.05, 0.1) is 29.2 Å². The highest BCUT2D eigenvalue weighted by Gasteiger charge is 2.77. The summed E-state index contributed by atoms with van der Waals surface area (Å²) in [5.74, 6) is -3.00.